The summed E-state index contributed by atoms with van der Waals surface area (Å²) in [7, 11) is -4.24. The van der Waals surface area contributed by atoms with Crippen LogP contribution in [0.2, 0.25) is 0 Å². The van der Waals surface area contributed by atoms with E-state index in [1.807, 2.05) is 0 Å². The summed E-state index contributed by atoms with van der Waals surface area (Å²) in [6.45, 7) is 1.23. The van der Waals surface area contributed by atoms with Crippen LogP contribution in [0.5, 0.6) is 0 Å². The molecule has 0 radical (unpaired) electrons. The van der Waals surface area contributed by atoms with Crippen LogP contribution in [-0.2, 0) is 18.3 Å². The third-order valence-electron chi connectivity index (χ3n) is 3.18. The Morgan fingerprint density at radius 3 is 2.73 bits per heavy atom. The van der Waals surface area contributed by atoms with E-state index in [9.17, 15) is 19.0 Å². The molecule has 12 heteroatoms. The summed E-state index contributed by atoms with van der Waals surface area (Å²) in [5.74, 6) is 0.404. The van der Waals surface area contributed by atoms with E-state index in [1.54, 1.807) is 6.92 Å². The van der Waals surface area contributed by atoms with Crippen molar-refractivity contribution in [3.05, 3.63) is 32.6 Å². The maximum atomic E-state index is 11.8. The number of aryl methyl sites for hydroxylation is 1. The molecule has 116 valence electrons. The summed E-state index contributed by atoms with van der Waals surface area (Å²) in [6.07, 6.45) is 0.781. The second-order valence-corrected chi connectivity index (χ2v) is 7.54. The molecule has 0 aliphatic carbocycles. The van der Waals surface area contributed by atoms with Gasteiger partial charge in [0.25, 0.3) is 13.4 Å². The minimum atomic E-state index is -4.24. The first-order chi connectivity index (χ1) is 9.80. The molecule has 0 bridgehead atoms. The van der Waals surface area contributed by atoms with E-state index >= 15 is 0 Å². The smallest absolute Gasteiger partial charge is 0.756 e. The normalized spacial score (nSPS) is 34.5. The van der Waals surface area contributed by atoms with Crippen molar-refractivity contribution in [2.45, 2.75) is 18.1 Å². The van der Waals surface area contributed by atoms with Crippen LogP contribution in [0, 0.1) is 6.92 Å². The molecule has 2 saturated heterocycles. The molecule has 1 aromatic rings. The van der Waals surface area contributed by atoms with Crippen molar-refractivity contribution >= 4 is 19.6 Å². The molecule has 1 atom stereocenters. The number of hydrogen-bond donors (Lipinski definition) is 1. The number of aromatic amines is 1. The molecular formula is C10H12N2NaO7PS. The number of nitrogens with one attached hydrogen (secondary N) is 1. The number of phosphoric ester groups is 1. The van der Waals surface area contributed by atoms with E-state index in [1.165, 1.54) is 22.5 Å². The van der Waals surface area contributed by atoms with Gasteiger partial charge in [0, 0.05) is 17.5 Å². The minimum absolute atomic E-state index is 0. The predicted molar refractivity (Wildman–Crippen MR) is 70.9 cm³/mol. The van der Waals surface area contributed by atoms with Gasteiger partial charge in [0.15, 0.2) is 4.93 Å². The molecule has 1 N–H and O–H groups in total. The van der Waals surface area contributed by atoms with Gasteiger partial charge in [-0.2, -0.15) is 0 Å². The van der Waals surface area contributed by atoms with E-state index in [-0.39, 0.29) is 42.8 Å². The first-order valence-electron chi connectivity index (χ1n) is 6.04. The molecule has 2 aliphatic rings. The first-order valence-corrected chi connectivity index (χ1v) is 8.49. The quantitative estimate of drug-likeness (QED) is 0.402. The van der Waals surface area contributed by atoms with E-state index in [4.69, 9.17) is 4.74 Å². The van der Waals surface area contributed by atoms with E-state index in [0.717, 1.165) is 0 Å². The summed E-state index contributed by atoms with van der Waals surface area (Å²) in [5.41, 5.74) is -0.655. The third kappa shape index (κ3) is 3.61. The number of nitrogens with zero attached hydrogens (tertiary/aromatic N) is 1. The van der Waals surface area contributed by atoms with Crippen LogP contribution in [0.3, 0.4) is 0 Å². The summed E-state index contributed by atoms with van der Waals surface area (Å²) < 4.78 is 27.4. The molecule has 1 unspecified atom stereocenters. The molecule has 2 fully saturated rings. The fourth-order valence-electron chi connectivity index (χ4n) is 2.06. The predicted octanol–water partition coefficient (Wildman–Crippen LogP) is -3.68. The average Bonchev–Trinajstić information content (AvgIpc) is 2.83. The van der Waals surface area contributed by atoms with Crippen molar-refractivity contribution in [1.29, 1.82) is 0 Å². The monoisotopic (exact) mass is 358 g/mol. The molecule has 2 aliphatic heterocycles. The molecule has 9 nitrogen and oxygen atoms in total. The van der Waals surface area contributed by atoms with Crippen LogP contribution in [0.4, 0.5) is 0 Å². The van der Waals surface area contributed by atoms with Gasteiger partial charge in [-0.25, -0.2) is 4.79 Å². The number of rotatable bonds is 1. The van der Waals surface area contributed by atoms with Gasteiger partial charge in [0.1, 0.15) is 6.23 Å². The maximum absolute atomic E-state index is 11.8. The van der Waals surface area contributed by atoms with Gasteiger partial charge in [-0.1, -0.05) is 0 Å². The van der Waals surface area contributed by atoms with Crippen LogP contribution >= 0.6 is 19.6 Å². The number of aromatic nitrogens is 2. The Hall–Kier alpha value is 0.1000. The van der Waals surface area contributed by atoms with Gasteiger partial charge in [0.05, 0.1) is 13.2 Å². The summed E-state index contributed by atoms with van der Waals surface area (Å²) >= 11 is 1.30. The summed E-state index contributed by atoms with van der Waals surface area (Å²) in [6, 6.07) is 0. The second kappa shape index (κ2) is 6.54. The van der Waals surface area contributed by atoms with Gasteiger partial charge in [-0.15, -0.1) is 11.8 Å². The second-order valence-electron chi connectivity index (χ2n) is 4.77. The Balaban J connectivity index is 0.00000176. The van der Waals surface area contributed by atoms with E-state index in [2.05, 4.69) is 14.0 Å². The summed E-state index contributed by atoms with van der Waals surface area (Å²) in [5, 5.41) is 0. The molecule has 22 heavy (non-hydrogen) atoms. The fraction of sp³-hybridized carbons (Fsp3) is 0.600. The Bertz CT molecular complexity index is 723. The van der Waals surface area contributed by atoms with Crippen LogP contribution < -0.4 is 45.7 Å². The molecule has 1 aromatic heterocycles. The maximum Gasteiger partial charge on any atom is 1.00 e. The molecule has 0 amide bonds. The number of hydrogen-bond acceptors (Lipinski definition) is 8. The Morgan fingerprint density at radius 2 is 2.09 bits per heavy atom. The van der Waals surface area contributed by atoms with Crippen molar-refractivity contribution in [2.75, 3.05) is 19.0 Å². The molecule has 0 saturated carbocycles. The number of ether oxygens (including phenoxy) is 1. The Morgan fingerprint density at radius 1 is 1.45 bits per heavy atom. The zero-order valence-electron chi connectivity index (χ0n) is 11.9. The van der Waals surface area contributed by atoms with Crippen molar-refractivity contribution in [3.63, 3.8) is 0 Å². The van der Waals surface area contributed by atoms with Crippen LogP contribution in [0.25, 0.3) is 0 Å². The molecule has 1 spiro atoms. The van der Waals surface area contributed by atoms with Crippen molar-refractivity contribution in [2.24, 2.45) is 0 Å². The topological polar surface area (TPSA) is 123 Å². The zero-order valence-corrected chi connectivity index (χ0v) is 15.6. The van der Waals surface area contributed by atoms with Crippen LogP contribution in [0.1, 0.15) is 11.8 Å². The van der Waals surface area contributed by atoms with Gasteiger partial charge in [-0.3, -0.25) is 18.9 Å². The average molecular weight is 358 g/mol. The minimum Gasteiger partial charge on any atom is -0.756 e. The van der Waals surface area contributed by atoms with Gasteiger partial charge >= 0.3 is 35.2 Å². The largest absolute Gasteiger partial charge is 1.00 e. The van der Waals surface area contributed by atoms with Crippen LogP contribution in [0.15, 0.2) is 15.8 Å². The Labute approximate surface area is 151 Å². The van der Waals surface area contributed by atoms with Crippen molar-refractivity contribution in [1.82, 2.24) is 9.55 Å². The van der Waals surface area contributed by atoms with Gasteiger partial charge in [-0.05, 0) is 6.92 Å². The molecule has 3 rings (SSSR count). The molecule has 0 aromatic carbocycles. The fourth-order valence-corrected chi connectivity index (χ4v) is 4.18. The van der Waals surface area contributed by atoms with Crippen molar-refractivity contribution in [3.8, 4) is 0 Å². The third-order valence-corrected chi connectivity index (χ3v) is 5.38. The molecule has 3 heterocycles. The standard InChI is InChI=1S/C10H13N2O7PS.Na/c1-6-2-12(9(14)11-8(6)13)7-3-21-10(19-7)4-17-20(15,16)18-5-10;/h2,7H,3-5H2,1H3,(H,15,16)(H,11,13,14);/q;+1/p-1. The zero-order chi connectivity index (χ0) is 15.3. The SMILES string of the molecule is Cc1cn(C2CSC3(COP(=O)([O-])OC3)O2)c(=O)[nH]c1=O.[Na+]. The van der Waals surface area contributed by atoms with Gasteiger partial charge < -0.3 is 18.7 Å². The number of thioether (sulfide) groups is 1. The van der Waals surface area contributed by atoms with Gasteiger partial charge in [0.2, 0.25) is 0 Å². The van der Waals surface area contributed by atoms with E-state index in [0.29, 0.717) is 11.3 Å². The Kier molecular flexibility index (Phi) is 5.48. The number of H-pyrrole nitrogens is 1. The summed E-state index contributed by atoms with van der Waals surface area (Å²) in [4.78, 5) is 35.5. The molecular weight excluding hydrogens is 346 g/mol. The van der Waals surface area contributed by atoms with Crippen LogP contribution in [-0.4, -0.2) is 33.5 Å². The first kappa shape index (κ1) is 18.4. The number of phosphoric acid groups is 1. The van der Waals surface area contributed by atoms with Crippen molar-refractivity contribution < 1.29 is 52.8 Å². The van der Waals surface area contributed by atoms with E-state index < -0.39 is 30.2 Å².